The molecule has 0 saturated carbocycles. The van der Waals surface area contributed by atoms with Crippen LogP contribution in [0.4, 0.5) is 0 Å². The van der Waals surface area contributed by atoms with Crippen LogP contribution in [0.2, 0.25) is 5.02 Å². The van der Waals surface area contributed by atoms with Gasteiger partial charge in [-0.1, -0.05) is 41.9 Å². The predicted octanol–water partition coefficient (Wildman–Crippen LogP) is 4.38. The first-order chi connectivity index (χ1) is 11.7. The zero-order valence-electron chi connectivity index (χ0n) is 13.1. The van der Waals surface area contributed by atoms with Crippen molar-refractivity contribution in [3.63, 3.8) is 0 Å². The third-order valence-electron chi connectivity index (χ3n) is 4.00. The van der Waals surface area contributed by atoms with Gasteiger partial charge in [0.2, 0.25) is 0 Å². The van der Waals surface area contributed by atoms with Gasteiger partial charge in [-0.15, -0.1) is 12.4 Å². The fourth-order valence-corrected chi connectivity index (χ4v) is 2.93. The molecular formula is C19H15Cl2N3O. The van der Waals surface area contributed by atoms with E-state index in [4.69, 9.17) is 11.6 Å². The first kappa shape index (κ1) is 17.3. The number of aromatic amines is 1. The van der Waals surface area contributed by atoms with Crippen LogP contribution in [0.25, 0.3) is 16.6 Å². The molecular weight excluding hydrogens is 357 g/mol. The summed E-state index contributed by atoms with van der Waals surface area (Å²) >= 11 is 5.93. The molecule has 2 aromatic heterocycles. The van der Waals surface area contributed by atoms with Gasteiger partial charge < -0.3 is 0 Å². The molecule has 0 unspecified atom stereocenters. The summed E-state index contributed by atoms with van der Waals surface area (Å²) in [5, 5.41) is 4.43. The number of hydrogen-bond acceptors (Lipinski definition) is 2. The fourth-order valence-electron chi connectivity index (χ4n) is 2.80. The molecule has 4 nitrogen and oxygen atoms in total. The average molecular weight is 372 g/mol. The Morgan fingerprint density at radius 1 is 1.00 bits per heavy atom. The SMILES string of the molecule is Cl.O=c1c2cncc(Cc3ccccc3)c2[nH]n1-c1ccc(Cl)cc1. The summed E-state index contributed by atoms with van der Waals surface area (Å²) in [4.78, 5) is 16.9. The van der Waals surface area contributed by atoms with Gasteiger partial charge in [0.15, 0.2) is 0 Å². The lowest BCUT2D eigenvalue weighted by atomic mass is 10.1. The zero-order valence-corrected chi connectivity index (χ0v) is 14.7. The Morgan fingerprint density at radius 3 is 2.44 bits per heavy atom. The molecule has 126 valence electrons. The Labute approximate surface area is 155 Å². The highest BCUT2D eigenvalue weighted by Gasteiger charge is 2.12. The van der Waals surface area contributed by atoms with E-state index in [2.05, 4.69) is 22.2 Å². The number of hydrogen-bond donors (Lipinski definition) is 1. The number of rotatable bonds is 3. The minimum Gasteiger partial charge on any atom is -0.290 e. The van der Waals surface area contributed by atoms with Gasteiger partial charge in [-0.2, -0.15) is 0 Å². The van der Waals surface area contributed by atoms with Gasteiger partial charge in [0.05, 0.1) is 16.6 Å². The van der Waals surface area contributed by atoms with E-state index in [0.29, 0.717) is 16.8 Å². The lowest BCUT2D eigenvalue weighted by Gasteiger charge is -2.03. The quantitative estimate of drug-likeness (QED) is 0.580. The summed E-state index contributed by atoms with van der Waals surface area (Å²) < 4.78 is 1.52. The zero-order chi connectivity index (χ0) is 16.5. The Balaban J connectivity index is 0.00000182. The topological polar surface area (TPSA) is 50.7 Å². The van der Waals surface area contributed by atoms with E-state index in [0.717, 1.165) is 16.8 Å². The minimum atomic E-state index is -0.116. The molecule has 0 aliphatic rings. The largest absolute Gasteiger partial charge is 0.290 e. The maximum atomic E-state index is 12.7. The van der Waals surface area contributed by atoms with Crippen molar-refractivity contribution in [3.8, 4) is 5.69 Å². The highest BCUT2D eigenvalue weighted by atomic mass is 35.5. The van der Waals surface area contributed by atoms with Crippen molar-refractivity contribution < 1.29 is 0 Å². The summed E-state index contributed by atoms with van der Waals surface area (Å²) in [5.74, 6) is 0. The van der Waals surface area contributed by atoms with Gasteiger partial charge in [-0.05, 0) is 29.8 Å². The molecule has 0 saturated heterocycles. The molecule has 0 atom stereocenters. The lowest BCUT2D eigenvalue weighted by Crippen LogP contribution is -2.13. The lowest BCUT2D eigenvalue weighted by molar-refractivity contribution is 0.861. The normalized spacial score (nSPS) is 10.6. The molecule has 0 aliphatic carbocycles. The molecule has 4 rings (SSSR count). The molecule has 0 radical (unpaired) electrons. The number of nitrogens with one attached hydrogen (secondary N) is 1. The summed E-state index contributed by atoms with van der Waals surface area (Å²) in [6.45, 7) is 0. The van der Waals surface area contributed by atoms with Crippen LogP contribution in [-0.2, 0) is 6.42 Å². The van der Waals surface area contributed by atoms with Crippen molar-refractivity contribution in [1.29, 1.82) is 0 Å². The number of pyridine rings is 1. The minimum absolute atomic E-state index is 0. The maximum absolute atomic E-state index is 12.7. The van der Waals surface area contributed by atoms with E-state index in [1.165, 1.54) is 10.2 Å². The number of benzene rings is 2. The van der Waals surface area contributed by atoms with Crippen LogP contribution >= 0.6 is 24.0 Å². The van der Waals surface area contributed by atoms with Crippen molar-refractivity contribution >= 4 is 34.9 Å². The number of halogens is 2. The van der Waals surface area contributed by atoms with Crippen molar-refractivity contribution in [2.75, 3.05) is 0 Å². The molecule has 4 aromatic rings. The predicted molar refractivity (Wildman–Crippen MR) is 103 cm³/mol. The maximum Gasteiger partial charge on any atom is 0.280 e. The van der Waals surface area contributed by atoms with E-state index in [1.807, 2.05) is 30.3 Å². The number of fused-ring (bicyclic) bond motifs is 1. The average Bonchev–Trinajstić information content (AvgIpc) is 2.95. The number of nitrogens with zero attached hydrogens (tertiary/aromatic N) is 2. The van der Waals surface area contributed by atoms with Crippen LogP contribution in [0.3, 0.4) is 0 Å². The summed E-state index contributed by atoms with van der Waals surface area (Å²) in [6, 6.07) is 17.3. The molecule has 0 fully saturated rings. The number of aromatic nitrogens is 3. The van der Waals surface area contributed by atoms with Crippen LogP contribution in [0, 0.1) is 0 Å². The van der Waals surface area contributed by atoms with Crippen molar-refractivity contribution in [3.05, 3.63) is 93.5 Å². The molecule has 0 amide bonds. The van der Waals surface area contributed by atoms with Crippen LogP contribution in [0.1, 0.15) is 11.1 Å². The standard InChI is InChI=1S/C19H14ClN3O.ClH/c20-15-6-8-16(9-7-15)23-19(24)17-12-21-11-14(18(17)22-23)10-13-4-2-1-3-5-13;/h1-9,11-12,22H,10H2;1H. The van der Waals surface area contributed by atoms with Crippen LogP contribution < -0.4 is 5.56 Å². The van der Waals surface area contributed by atoms with Gasteiger partial charge in [-0.3, -0.25) is 14.9 Å². The first-order valence-corrected chi connectivity index (χ1v) is 7.97. The Hall–Kier alpha value is -2.56. The van der Waals surface area contributed by atoms with E-state index >= 15 is 0 Å². The fraction of sp³-hybridized carbons (Fsp3) is 0.0526. The van der Waals surface area contributed by atoms with Crippen LogP contribution in [-0.4, -0.2) is 14.8 Å². The van der Waals surface area contributed by atoms with E-state index in [9.17, 15) is 4.79 Å². The highest BCUT2D eigenvalue weighted by molar-refractivity contribution is 6.30. The molecule has 1 N–H and O–H groups in total. The van der Waals surface area contributed by atoms with Crippen LogP contribution in [0.15, 0.2) is 71.8 Å². The monoisotopic (exact) mass is 371 g/mol. The molecule has 2 heterocycles. The second kappa shape index (κ2) is 7.13. The van der Waals surface area contributed by atoms with Crippen molar-refractivity contribution in [1.82, 2.24) is 14.8 Å². The van der Waals surface area contributed by atoms with E-state index in [-0.39, 0.29) is 18.0 Å². The van der Waals surface area contributed by atoms with Gasteiger partial charge in [0.1, 0.15) is 0 Å². The summed E-state index contributed by atoms with van der Waals surface area (Å²) in [6.07, 6.45) is 4.12. The molecule has 0 aliphatic heterocycles. The second-order valence-electron chi connectivity index (χ2n) is 5.61. The Bertz CT molecular complexity index is 1050. The summed E-state index contributed by atoms with van der Waals surface area (Å²) in [5.41, 5.74) is 3.60. The van der Waals surface area contributed by atoms with Gasteiger partial charge in [-0.25, -0.2) is 4.68 Å². The second-order valence-corrected chi connectivity index (χ2v) is 6.05. The Morgan fingerprint density at radius 2 is 1.72 bits per heavy atom. The Kier molecular flexibility index (Phi) is 4.93. The molecule has 0 bridgehead atoms. The van der Waals surface area contributed by atoms with Crippen molar-refractivity contribution in [2.24, 2.45) is 0 Å². The molecule has 2 aromatic carbocycles. The van der Waals surface area contributed by atoms with Gasteiger partial charge in [0, 0.05) is 29.4 Å². The van der Waals surface area contributed by atoms with Crippen LogP contribution in [0.5, 0.6) is 0 Å². The smallest absolute Gasteiger partial charge is 0.280 e. The third-order valence-corrected chi connectivity index (χ3v) is 4.26. The molecule has 25 heavy (non-hydrogen) atoms. The van der Waals surface area contributed by atoms with E-state index in [1.54, 1.807) is 24.5 Å². The third kappa shape index (κ3) is 3.31. The highest BCUT2D eigenvalue weighted by Crippen LogP contribution is 2.18. The van der Waals surface area contributed by atoms with Gasteiger partial charge >= 0.3 is 0 Å². The summed E-state index contributed by atoms with van der Waals surface area (Å²) in [7, 11) is 0. The molecule has 6 heteroatoms. The first-order valence-electron chi connectivity index (χ1n) is 7.60. The molecule has 0 spiro atoms. The van der Waals surface area contributed by atoms with Crippen molar-refractivity contribution in [2.45, 2.75) is 6.42 Å². The number of H-pyrrole nitrogens is 1. The van der Waals surface area contributed by atoms with Gasteiger partial charge in [0.25, 0.3) is 5.56 Å². The van der Waals surface area contributed by atoms with E-state index < -0.39 is 0 Å².